The quantitative estimate of drug-likeness (QED) is 0.0506. The van der Waals surface area contributed by atoms with E-state index in [1.54, 1.807) is 12.1 Å². The number of hydrogen-bond donors (Lipinski definition) is 0. The van der Waals surface area contributed by atoms with Crippen LogP contribution >= 0.6 is 10.7 Å². The molecule has 248 valence electrons. The van der Waals surface area contributed by atoms with Gasteiger partial charge in [-0.3, -0.25) is 0 Å². The van der Waals surface area contributed by atoms with Gasteiger partial charge in [0.1, 0.15) is 14.4 Å². The zero-order valence-electron chi connectivity index (χ0n) is 30.0. The van der Waals surface area contributed by atoms with Crippen LogP contribution in [0.1, 0.15) is 206 Å². The van der Waals surface area contributed by atoms with Gasteiger partial charge in [-0.25, -0.2) is 10.7 Å². The van der Waals surface area contributed by atoms with Gasteiger partial charge in [0, 0.05) is 0 Å². The molecule has 0 unspecified atom stereocenters. The Morgan fingerprint density at radius 2 is 0.439 bits per heavy atom. The zero-order chi connectivity index (χ0) is 30.3. The minimum Gasteiger partial charge on any atom is -0.206 e. The third kappa shape index (κ3) is 33.5. The Kier molecular flexibility index (Phi) is 31.4. The fourth-order valence-corrected chi connectivity index (χ4v) is 31.9. The number of rotatable bonds is 34. The smallest absolute Gasteiger partial charge is 0.104 e. The first-order valence-electron chi connectivity index (χ1n) is 19.5. The molecule has 3 heteroatoms. The third-order valence-electron chi connectivity index (χ3n) is 9.32. The van der Waals surface area contributed by atoms with Gasteiger partial charge in [-0.05, 0) is 12.1 Å². The van der Waals surface area contributed by atoms with Crippen molar-refractivity contribution in [1.29, 1.82) is 0 Å². The van der Waals surface area contributed by atoms with Gasteiger partial charge < -0.3 is 0 Å². The lowest BCUT2D eigenvalue weighted by Gasteiger charge is -2.32. The van der Waals surface area contributed by atoms with Gasteiger partial charge in [-0.15, -0.1) is 0 Å². The molecule has 0 aliphatic carbocycles. The Balaban J connectivity index is 3.53. The standard InChI is InChI=1S/C38H82SSi2/c1-7-9-11-13-15-17-19-21-23-25-27-29-31-33-35-37-40(3,4)39-41(5,6)38-36-34-32-30-28-26-24-22-20-18-16-14-12-10-8-2/h7-38H2,1-6H3. The van der Waals surface area contributed by atoms with Crippen LogP contribution in [0.15, 0.2) is 0 Å². The second-order valence-electron chi connectivity index (χ2n) is 15.0. The van der Waals surface area contributed by atoms with Gasteiger partial charge in [0.25, 0.3) is 0 Å². The lowest BCUT2D eigenvalue weighted by Crippen LogP contribution is -2.33. The molecule has 0 rings (SSSR count). The van der Waals surface area contributed by atoms with E-state index in [0.717, 1.165) is 0 Å². The summed E-state index contributed by atoms with van der Waals surface area (Å²) in [5.41, 5.74) is 0. The molecular formula is C38H82SSi2. The molecule has 0 aromatic heterocycles. The van der Waals surface area contributed by atoms with Gasteiger partial charge in [-0.1, -0.05) is 233 Å². The molecule has 0 aliphatic rings. The molecule has 0 aliphatic heterocycles. The van der Waals surface area contributed by atoms with Crippen molar-refractivity contribution in [3.8, 4) is 0 Å². The highest BCUT2D eigenvalue weighted by Crippen LogP contribution is 2.38. The Morgan fingerprint density at radius 3 is 0.634 bits per heavy atom. The van der Waals surface area contributed by atoms with Crippen LogP contribution < -0.4 is 0 Å². The SMILES string of the molecule is CCCCCCCCCCCCCCCCC[Si](C)(C)S[Si](C)(C)CCCCCCCCCCCCCCCCC. The lowest BCUT2D eigenvalue weighted by molar-refractivity contribution is 0.534. The predicted octanol–water partition coefficient (Wildman–Crippen LogP) is 15.9. The molecule has 0 fully saturated rings. The Morgan fingerprint density at radius 1 is 0.268 bits per heavy atom. The van der Waals surface area contributed by atoms with Gasteiger partial charge >= 0.3 is 0 Å². The maximum Gasteiger partial charge on any atom is 0.104 e. The van der Waals surface area contributed by atoms with Crippen LogP contribution in [0.2, 0.25) is 38.3 Å². The van der Waals surface area contributed by atoms with E-state index in [2.05, 4.69) is 50.7 Å². The first-order valence-corrected chi connectivity index (χ1v) is 28.2. The fraction of sp³-hybridized carbons (Fsp3) is 1.00. The van der Waals surface area contributed by atoms with Crippen LogP contribution in [0.4, 0.5) is 0 Å². The Hall–Kier alpha value is 0.784. The molecule has 0 nitrogen and oxygen atoms in total. The van der Waals surface area contributed by atoms with Crippen molar-refractivity contribution in [1.82, 2.24) is 0 Å². The first-order chi connectivity index (χ1) is 19.8. The highest BCUT2D eigenvalue weighted by atomic mass is 32.5. The summed E-state index contributed by atoms with van der Waals surface area (Å²) in [4.78, 5) is 0. The summed E-state index contributed by atoms with van der Waals surface area (Å²) in [6.07, 6.45) is 44.3. The molecule has 0 aromatic carbocycles. The van der Waals surface area contributed by atoms with Crippen molar-refractivity contribution in [2.24, 2.45) is 0 Å². The van der Waals surface area contributed by atoms with Crippen LogP contribution in [0.3, 0.4) is 0 Å². The van der Waals surface area contributed by atoms with Crippen LogP contribution in [0.25, 0.3) is 0 Å². The van der Waals surface area contributed by atoms with E-state index in [0.29, 0.717) is 0 Å². The van der Waals surface area contributed by atoms with Crippen molar-refractivity contribution in [2.45, 2.75) is 245 Å². The maximum absolute atomic E-state index is 2.68. The number of unbranched alkanes of at least 4 members (excludes halogenated alkanes) is 28. The Bertz CT molecular complexity index is 461. The van der Waals surface area contributed by atoms with Gasteiger partial charge in [0.2, 0.25) is 0 Å². The van der Waals surface area contributed by atoms with Gasteiger partial charge in [0.05, 0.1) is 0 Å². The van der Waals surface area contributed by atoms with E-state index in [4.69, 9.17) is 0 Å². The zero-order valence-corrected chi connectivity index (χ0v) is 32.9. The molecule has 0 amide bonds. The second-order valence-corrected chi connectivity index (χ2v) is 32.3. The fourth-order valence-electron chi connectivity index (χ4n) is 6.69. The molecule has 0 radical (unpaired) electrons. The largest absolute Gasteiger partial charge is 0.206 e. The summed E-state index contributed by atoms with van der Waals surface area (Å²) in [5.74, 6) is 0. The molecule has 0 spiro atoms. The topological polar surface area (TPSA) is 0 Å². The summed E-state index contributed by atoms with van der Waals surface area (Å²) < 4.78 is 0. The molecule has 0 saturated carbocycles. The average molecular weight is 627 g/mol. The van der Waals surface area contributed by atoms with E-state index in [1.165, 1.54) is 193 Å². The predicted molar refractivity (Wildman–Crippen MR) is 202 cm³/mol. The minimum absolute atomic E-state index is 1.07. The van der Waals surface area contributed by atoms with E-state index in [-0.39, 0.29) is 0 Å². The third-order valence-corrected chi connectivity index (χ3v) is 28.0. The van der Waals surface area contributed by atoms with Crippen LogP contribution in [-0.4, -0.2) is 14.4 Å². The highest BCUT2D eigenvalue weighted by Gasteiger charge is 2.31. The maximum atomic E-state index is 2.68. The summed E-state index contributed by atoms with van der Waals surface area (Å²) in [6, 6.07) is 3.12. The highest BCUT2D eigenvalue weighted by molar-refractivity contribution is 8.49. The molecule has 0 aromatic rings. The van der Waals surface area contributed by atoms with Crippen molar-refractivity contribution in [2.75, 3.05) is 0 Å². The van der Waals surface area contributed by atoms with Gasteiger partial charge in [-0.2, -0.15) is 0 Å². The van der Waals surface area contributed by atoms with E-state index >= 15 is 0 Å². The summed E-state index contributed by atoms with van der Waals surface area (Å²) in [6.45, 7) is 15.4. The van der Waals surface area contributed by atoms with Crippen LogP contribution in [0.5, 0.6) is 0 Å². The molecule has 0 atom stereocenters. The summed E-state index contributed by atoms with van der Waals surface area (Å²) in [5, 5.41) is 0. The molecular weight excluding hydrogens is 545 g/mol. The van der Waals surface area contributed by atoms with Crippen molar-refractivity contribution >= 4 is 25.1 Å². The first kappa shape index (κ1) is 41.8. The Labute approximate surface area is 268 Å². The lowest BCUT2D eigenvalue weighted by atomic mass is 10.0. The molecule has 0 N–H and O–H groups in total. The minimum atomic E-state index is -1.07. The molecule has 41 heavy (non-hydrogen) atoms. The van der Waals surface area contributed by atoms with Crippen LogP contribution in [-0.2, 0) is 0 Å². The monoisotopic (exact) mass is 627 g/mol. The number of hydrogen-bond acceptors (Lipinski definition) is 1. The van der Waals surface area contributed by atoms with E-state index in [1.807, 2.05) is 0 Å². The van der Waals surface area contributed by atoms with Crippen molar-refractivity contribution in [3.05, 3.63) is 0 Å². The second kappa shape index (κ2) is 30.8. The molecule has 0 heterocycles. The van der Waals surface area contributed by atoms with Crippen molar-refractivity contribution in [3.63, 3.8) is 0 Å². The van der Waals surface area contributed by atoms with Crippen molar-refractivity contribution < 1.29 is 0 Å². The summed E-state index contributed by atoms with van der Waals surface area (Å²) >= 11 is 0. The summed E-state index contributed by atoms with van der Waals surface area (Å²) in [7, 11) is 0.406. The van der Waals surface area contributed by atoms with E-state index < -0.39 is 14.4 Å². The normalized spacial score (nSPS) is 12.4. The molecule has 0 bridgehead atoms. The van der Waals surface area contributed by atoms with Gasteiger partial charge in [0.15, 0.2) is 0 Å². The average Bonchev–Trinajstić information content (AvgIpc) is 2.92. The van der Waals surface area contributed by atoms with E-state index in [9.17, 15) is 0 Å². The van der Waals surface area contributed by atoms with Crippen LogP contribution in [0, 0.1) is 0 Å². The molecule has 0 saturated heterocycles.